The number of nitriles is 1. The second-order valence-electron chi connectivity index (χ2n) is 4.28. The average Bonchev–Trinajstić information content (AvgIpc) is 2.71. The van der Waals surface area contributed by atoms with E-state index < -0.39 is 5.56 Å². The van der Waals surface area contributed by atoms with Crippen molar-refractivity contribution < 1.29 is 9.47 Å². The lowest BCUT2D eigenvalue weighted by molar-refractivity contribution is 0.297. The highest BCUT2D eigenvalue weighted by atomic mass is 16.5. The van der Waals surface area contributed by atoms with Crippen LogP contribution in [0.5, 0.6) is 11.5 Å². The van der Waals surface area contributed by atoms with Gasteiger partial charge in [-0.2, -0.15) is 5.26 Å². The van der Waals surface area contributed by atoms with Crippen LogP contribution < -0.4 is 15.0 Å². The minimum atomic E-state index is -0.454. The Bertz CT molecular complexity index is 746. The van der Waals surface area contributed by atoms with Crippen molar-refractivity contribution in [2.45, 2.75) is 6.42 Å². The van der Waals surface area contributed by atoms with Crippen LogP contribution in [0.3, 0.4) is 0 Å². The SMILES string of the molecule is N#Cc1c(-c2ccc3c(c2)OCCCO3)nc[nH]c1=O. The van der Waals surface area contributed by atoms with Crippen molar-refractivity contribution in [2.75, 3.05) is 13.2 Å². The van der Waals surface area contributed by atoms with Gasteiger partial charge in [-0.15, -0.1) is 0 Å². The van der Waals surface area contributed by atoms with Crippen LogP contribution in [0, 0.1) is 11.3 Å². The summed E-state index contributed by atoms with van der Waals surface area (Å²) in [5.41, 5.74) is 0.524. The molecule has 2 aromatic rings. The number of rotatable bonds is 1. The molecule has 6 heteroatoms. The molecule has 0 bridgehead atoms. The van der Waals surface area contributed by atoms with Gasteiger partial charge in [0.05, 0.1) is 25.2 Å². The fourth-order valence-electron chi connectivity index (χ4n) is 2.03. The Morgan fingerprint density at radius 2 is 2.05 bits per heavy atom. The molecule has 1 aromatic carbocycles. The first-order valence-electron chi connectivity index (χ1n) is 6.17. The zero-order chi connectivity index (χ0) is 13.9. The molecule has 100 valence electrons. The first kappa shape index (κ1) is 12.2. The molecule has 6 nitrogen and oxygen atoms in total. The van der Waals surface area contributed by atoms with Crippen LogP contribution in [0.2, 0.25) is 0 Å². The molecular weight excluding hydrogens is 258 g/mol. The van der Waals surface area contributed by atoms with Gasteiger partial charge in [-0.3, -0.25) is 4.79 Å². The molecular formula is C14H11N3O3. The van der Waals surface area contributed by atoms with Gasteiger partial charge in [-0.25, -0.2) is 4.98 Å². The van der Waals surface area contributed by atoms with E-state index in [1.807, 2.05) is 6.07 Å². The summed E-state index contributed by atoms with van der Waals surface area (Å²) in [4.78, 5) is 18.1. The van der Waals surface area contributed by atoms with E-state index in [-0.39, 0.29) is 5.56 Å². The lowest BCUT2D eigenvalue weighted by atomic mass is 10.1. The maximum absolute atomic E-state index is 11.6. The van der Waals surface area contributed by atoms with Crippen molar-refractivity contribution in [3.63, 3.8) is 0 Å². The quantitative estimate of drug-likeness (QED) is 0.846. The molecule has 0 amide bonds. The number of aromatic amines is 1. The van der Waals surface area contributed by atoms with E-state index in [2.05, 4.69) is 9.97 Å². The molecule has 1 N–H and O–H groups in total. The molecule has 3 rings (SSSR count). The van der Waals surface area contributed by atoms with Crippen molar-refractivity contribution in [1.29, 1.82) is 5.26 Å². The van der Waals surface area contributed by atoms with Gasteiger partial charge in [0.25, 0.3) is 5.56 Å². The molecule has 1 aliphatic heterocycles. The second-order valence-corrected chi connectivity index (χ2v) is 4.28. The highest BCUT2D eigenvalue weighted by Crippen LogP contribution is 2.33. The fraction of sp³-hybridized carbons (Fsp3) is 0.214. The standard InChI is InChI=1S/C14H11N3O3/c15-7-10-13(16-8-17-14(10)18)9-2-3-11-12(6-9)20-5-1-4-19-11/h2-3,6,8H,1,4-5H2,(H,16,17,18). The molecule has 1 aromatic heterocycles. The maximum atomic E-state index is 11.6. The summed E-state index contributed by atoms with van der Waals surface area (Å²) in [5, 5.41) is 9.08. The number of benzene rings is 1. The molecule has 0 saturated carbocycles. The van der Waals surface area contributed by atoms with E-state index in [1.54, 1.807) is 18.2 Å². The zero-order valence-electron chi connectivity index (χ0n) is 10.5. The molecule has 2 heterocycles. The molecule has 20 heavy (non-hydrogen) atoms. The van der Waals surface area contributed by atoms with Gasteiger partial charge < -0.3 is 14.5 Å². The Morgan fingerprint density at radius 3 is 2.85 bits per heavy atom. The minimum Gasteiger partial charge on any atom is -0.490 e. The van der Waals surface area contributed by atoms with Crippen molar-refractivity contribution in [2.24, 2.45) is 0 Å². The van der Waals surface area contributed by atoms with Crippen molar-refractivity contribution >= 4 is 0 Å². The third kappa shape index (κ3) is 2.10. The van der Waals surface area contributed by atoms with E-state index >= 15 is 0 Å². The van der Waals surface area contributed by atoms with Gasteiger partial charge >= 0.3 is 0 Å². The molecule has 0 radical (unpaired) electrons. The minimum absolute atomic E-state index is 0.0120. The van der Waals surface area contributed by atoms with Crippen LogP contribution in [-0.2, 0) is 0 Å². The van der Waals surface area contributed by atoms with Crippen molar-refractivity contribution in [3.05, 3.63) is 40.4 Å². The Labute approximate surface area is 114 Å². The maximum Gasteiger partial charge on any atom is 0.269 e. The Hall–Kier alpha value is -2.81. The predicted molar refractivity (Wildman–Crippen MR) is 70.6 cm³/mol. The van der Waals surface area contributed by atoms with E-state index in [9.17, 15) is 4.79 Å². The summed E-state index contributed by atoms with van der Waals surface area (Å²) in [5.74, 6) is 1.26. The first-order valence-corrected chi connectivity index (χ1v) is 6.17. The number of fused-ring (bicyclic) bond motifs is 1. The van der Waals surface area contributed by atoms with Gasteiger partial charge in [0.2, 0.25) is 0 Å². The van der Waals surface area contributed by atoms with Crippen LogP contribution in [0.25, 0.3) is 11.3 Å². The largest absolute Gasteiger partial charge is 0.490 e. The molecule has 0 unspecified atom stereocenters. The topological polar surface area (TPSA) is 88.0 Å². The van der Waals surface area contributed by atoms with Gasteiger partial charge in [0.1, 0.15) is 11.6 Å². The van der Waals surface area contributed by atoms with Crippen LogP contribution in [-0.4, -0.2) is 23.2 Å². The number of nitrogens with one attached hydrogen (secondary N) is 1. The predicted octanol–water partition coefficient (Wildman–Crippen LogP) is 1.47. The third-order valence-electron chi connectivity index (χ3n) is 2.99. The van der Waals surface area contributed by atoms with Crippen LogP contribution >= 0.6 is 0 Å². The lowest BCUT2D eigenvalue weighted by Crippen LogP contribution is -2.12. The lowest BCUT2D eigenvalue weighted by Gasteiger charge is -2.09. The van der Waals surface area contributed by atoms with E-state index in [0.717, 1.165) is 6.42 Å². The van der Waals surface area contributed by atoms with E-state index in [4.69, 9.17) is 14.7 Å². The third-order valence-corrected chi connectivity index (χ3v) is 2.99. The molecule has 0 atom stereocenters. The molecule has 0 saturated heterocycles. The zero-order valence-corrected chi connectivity index (χ0v) is 10.5. The highest BCUT2D eigenvalue weighted by Gasteiger charge is 2.15. The number of H-pyrrole nitrogens is 1. The molecule has 0 fully saturated rings. The fourth-order valence-corrected chi connectivity index (χ4v) is 2.03. The Morgan fingerprint density at radius 1 is 1.25 bits per heavy atom. The summed E-state index contributed by atoms with van der Waals surface area (Å²) in [7, 11) is 0. The summed E-state index contributed by atoms with van der Waals surface area (Å²) in [6.07, 6.45) is 2.10. The van der Waals surface area contributed by atoms with Gasteiger partial charge in [-0.1, -0.05) is 0 Å². The Kier molecular flexibility index (Phi) is 3.09. The average molecular weight is 269 g/mol. The van der Waals surface area contributed by atoms with Crippen LogP contribution in [0.15, 0.2) is 29.3 Å². The van der Waals surface area contributed by atoms with Gasteiger partial charge in [0, 0.05) is 12.0 Å². The number of aromatic nitrogens is 2. The second kappa shape index (κ2) is 5.05. The van der Waals surface area contributed by atoms with E-state index in [0.29, 0.717) is 36.0 Å². The number of nitrogens with zero attached hydrogens (tertiary/aromatic N) is 2. The van der Waals surface area contributed by atoms with Crippen LogP contribution in [0.4, 0.5) is 0 Å². The van der Waals surface area contributed by atoms with Crippen molar-refractivity contribution in [3.8, 4) is 28.8 Å². The summed E-state index contributed by atoms with van der Waals surface area (Å²) in [6.45, 7) is 1.18. The highest BCUT2D eigenvalue weighted by molar-refractivity contribution is 5.68. The van der Waals surface area contributed by atoms with Gasteiger partial charge in [-0.05, 0) is 18.2 Å². The number of hydrogen-bond donors (Lipinski definition) is 1. The molecule has 0 aliphatic carbocycles. The van der Waals surface area contributed by atoms with Crippen LogP contribution in [0.1, 0.15) is 12.0 Å². The number of hydrogen-bond acceptors (Lipinski definition) is 5. The molecule has 1 aliphatic rings. The summed E-state index contributed by atoms with van der Waals surface area (Å²) in [6, 6.07) is 7.14. The van der Waals surface area contributed by atoms with Gasteiger partial charge in [0.15, 0.2) is 11.5 Å². The first-order chi connectivity index (χ1) is 9.79. The monoisotopic (exact) mass is 269 g/mol. The summed E-state index contributed by atoms with van der Waals surface area (Å²) >= 11 is 0. The smallest absolute Gasteiger partial charge is 0.269 e. The summed E-state index contributed by atoms with van der Waals surface area (Å²) < 4.78 is 11.1. The van der Waals surface area contributed by atoms with E-state index in [1.165, 1.54) is 6.33 Å². The van der Waals surface area contributed by atoms with Crippen molar-refractivity contribution in [1.82, 2.24) is 9.97 Å². The normalized spacial score (nSPS) is 13.3. The number of ether oxygens (including phenoxy) is 2. The Balaban J connectivity index is 2.12. The molecule has 0 spiro atoms.